The fourth-order valence-electron chi connectivity index (χ4n) is 0.939. The number of carbonyl (C=O) groups is 1. The number of nitrogens with two attached hydrogens (primary N) is 1. The van der Waals surface area contributed by atoms with Crippen LogP contribution < -0.4 is 5.14 Å². The van der Waals surface area contributed by atoms with Crippen molar-refractivity contribution in [3.63, 3.8) is 0 Å². The van der Waals surface area contributed by atoms with Gasteiger partial charge in [0.05, 0.1) is 0 Å². The highest BCUT2D eigenvalue weighted by molar-refractivity contribution is 7.89. The van der Waals surface area contributed by atoms with E-state index in [1.54, 1.807) is 7.05 Å². The maximum absolute atomic E-state index is 11.1. The van der Waals surface area contributed by atoms with Crippen LogP contribution in [0.2, 0.25) is 0 Å². The molecule has 1 rings (SSSR count). The third-order valence-electron chi connectivity index (χ3n) is 1.81. The summed E-state index contributed by atoms with van der Waals surface area (Å²) in [6.07, 6.45) is 1.93. The van der Waals surface area contributed by atoms with Gasteiger partial charge in [0, 0.05) is 13.1 Å². The fourth-order valence-corrected chi connectivity index (χ4v) is 1.49. The van der Waals surface area contributed by atoms with Crippen molar-refractivity contribution in [3.8, 4) is 0 Å². The summed E-state index contributed by atoms with van der Waals surface area (Å²) in [5, 5.41) is 4.72. The topological polar surface area (TPSA) is 80.5 Å². The van der Waals surface area contributed by atoms with Crippen LogP contribution >= 0.6 is 0 Å². The average molecular weight is 192 g/mol. The summed E-state index contributed by atoms with van der Waals surface area (Å²) in [5.74, 6) is -1.00. The van der Waals surface area contributed by atoms with Gasteiger partial charge in [0.2, 0.25) is 15.9 Å². The second-order valence-electron chi connectivity index (χ2n) is 3.04. The number of hydrogen-bond acceptors (Lipinski definition) is 3. The molecule has 0 heterocycles. The average Bonchev–Trinajstić information content (AvgIpc) is 2.62. The minimum absolute atomic E-state index is 0.235. The molecule has 6 heteroatoms. The number of primary sulfonamides is 1. The van der Waals surface area contributed by atoms with Gasteiger partial charge in [0.1, 0.15) is 5.75 Å². The standard InChI is InChI=1S/C6H12N2O3S/c1-8(5-2-3-5)6(9)4-12(7,10)11/h5H,2-4H2,1H3,(H2,7,10,11). The van der Waals surface area contributed by atoms with Crippen LogP contribution in [0.25, 0.3) is 0 Å². The molecule has 0 atom stereocenters. The molecule has 5 nitrogen and oxygen atoms in total. The molecule has 0 aromatic rings. The Morgan fingerprint density at radius 2 is 2.08 bits per heavy atom. The number of hydrogen-bond donors (Lipinski definition) is 1. The molecule has 0 radical (unpaired) electrons. The smallest absolute Gasteiger partial charge is 0.239 e. The largest absolute Gasteiger partial charge is 0.342 e. The van der Waals surface area contributed by atoms with Crippen LogP contribution in [-0.4, -0.2) is 38.1 Å². The van der Waals surface area contributed by atoms with E-state index in [-0.39, 0.29) is 6.04 Å². The molecule has 1 aliphatic rings. The highest BCUT2D eigenvalue weighted by Gasteiger charge is 2.30. The van der Waals surface area contributed by atoms with E-state index in [0.717, 1.165) is 12.8 Å². The van der Waals surface area contributed by atoms with Crippen LogP contribution in [0.5, 0.6) is 0 Å². The first-order valence-electron chi connectivity index (χ1n) is 3.66. The molecule has 2 N–H and O–H groups in total. The zero-order chi connectivity index (χ0) is 9.35. The number of amides is 1. The molecule has 0 saturated heterocycles. The molecular formula is C6H12N2O3S. The molecule has 1 aliphatic carbocycles. The summed E-state index contributed by atoms with van der Waals surface area (Å²) in [5.41, 5.74) is 0. The molecule has 0 aliphatic heterocycles. The molecule has 1 fully saturated rings. The molecule has 0 spiro atoms. The summed E-state index contributed by atoms with van der Waals surface area (Å²) < 4.78 is 21.0. The molecule has 1 amide bonds. The van der Waals surface area contributed by atoms with Crippen molar-refractivity contribution in [2.24, 2.45) is 5.14 Å². The Balaban J connectivity index is 2.47. The van der Waals surface area contributed by atoms with Crippen molar-refractivity contribution in [1.29, 1.82) is 0 Å². The van der Waals surface area contributed by atoms with E-state index in [1.165, 1.54) is 4.90 Å². The first-order chi connectivity index (χ1) is 5.40. The van der Waals surface area contributed by atoms with Gasteiger partial charge in [-0.2, -0.15) is 0 Å². The molecule has 0 aromatic heterocycles. The highest BCUT2D eigenvalue weighted by atomic mass is 32.2. The number of carbonyl (C=O) groups excluding carboxylic acids is 1. The molecule has 12 heavy (non-hydrogen) atoms. The van der Waals surface area contributed by atoms with E-state index in [0.29, 0.717) is 0 Å². The summed E-state index contributed by atoms with van der Waals surface area (Å²) >= 11 is 0. The Hall–Kier alpha value is -0.620. The van der Waals surface area contributed by atoms with Gasteiger partial charge in [0.15, 0.2) is 0 Å². The van der Waals surface area contributed by atoms with E-state index in [4.69, 9.17) is 5.14 Å². The van der Waals surface area contributed by atoms with Gasteiger partial charge in [-0.1, -0.05) is 0 Å². The maximum atomic E-state index is 11.1. The quantitative estimate of drug-likeness (QED) is 0.616. The van der Waals surface area contributed by atoms with Gasteiger partial charge in [-0.25, -0.2) is 13.6 Å². The van der Waals surface area contributed by atoms with Gasteiger partial charge < -0.3 is 4.90 Å². The number of nitrogens with zero attached hydrogens (tertiary/aromatic N) is 1. The maximum Gasteiger partial charge on any atom is 0.239 e. The van der Waals surface area contributed by atoms with Crippen LogP contribution in [-0.2, 0) is 14.8 Å². The Morgan fingerprint density at radius 1 is 1.58 bits per heavy atom. The minimum atomic E-state index is -3.67. The van der Waals surface area contributed by atoms with Gasteiger partial charge in [-0.05, 0) is 12.8 Å². The van der Waals surface area contributed by atoms with Gasteiger partial charge in [-0.3, -0.25) is 4.79 Å². The lowest BCUT2D eigenvalue weighted by molar-refractivity contribution is -0.127. The van der Waals surface area contributed by atoms with Crippen LogP contribution in [0.1, 0.15) is 12.8 Å². The lowest BCUT2D eigenvalue weighted by atomic mass is 10.5. The van der Waals surface area contributed by atoms with Crippen molar-refractivity contribution in [2.75, 3.05) is 12.8 Å². The first-order valence-corrected chi connectivity index (χ1v) is 5.38. The molecular weight excluding hydrogens is 180 g/mol. The number of rotatable bonds is 3. The lowest BCUT2D eigenvalue weighted by Gasteiger charge is -2.14. The van der Waals surface area contributed by atoms with Gasteiger partial charge in [-0.15, -0.1) is 0 Å². The predicted molar refractivity (Wildman–Crippen MR) is 43.8 cm³/mol. The lowest BCUT2D eigenvalue weighted by Crippen LogP contribution is -2.36. The molecule has 0 bridgehead atoms. The second kappa shape index (κ2) is 3.02. The van der Waals surface area contributed by atoms with Crippen LogP contribution in [0.15, 0.2) is 0 Å². The van der Waals surface area contributed by atoms with Gasteiger partial charge in [0.25, 0.3) is 0 Å². The monoisotopic (exact) mass is 192 g/mol. The normalized spacial score (nSPS) is 17.5. The van der Waals surface area contributed by atoms with Crippen molar-refractivity contribution in [1.82, 2.24) is 4.90 Å². The van der Waals surface area contributed by atoms with E-state index in [2.05, 4.69) is 0 Å². The molecule has 0 unspecified atom stereocenters. The Kier molecular flexibility index (Phi) is 2.39. The third-order valence-corrected chi connectivity index (χ3v) is 2.46. The minimum Gasteiger partial charge on any atom is -0.342 e. The van der Waals surface area contributed by atoms with E-state index < -0.39 is 21.7 Å². The summed E-state index contributed by atoms with van der Waals surface area (Å²) in [6.45, 7) is 0. The van der Waals surface area contributed by atoms with Crippen molar-refractivity contribution in [2.45, 2.75) is 18.9 Å². The van der Waals surface area contributed by atoms with Crippen LogP contribution in [0.3, 0.4) is 0 Å². The summed E-state index contributed by atoms with van der Waals surface area (Å²) in [7, 11) is -2.06. The van der Waals surface area contributed by atoms with E-state index in [9.17, 15) is 13.2 Å². The Labute approximate surface area is 71.6 Å². The van der Waals surface area contributed by atoms with Gasteiger partial charge >= 0.3 is 0 Å². The molecule has 1 saturated carbocycles. The van der Waals surface area contributed by atoms with Crippen molar-refractivity contribution in [3.05, 3.63) is 0 Å². The first kappa shape index (κ1) is 9.47. The van der Waals surface area contributed by atoms with E-state index in [1.807, 2.05) is 0 Å². The van der Waals surface area contributed by atoms with Crippen molar-refractivity contribution >= 4 is 15.9 Å². The van der Waals surface area contributed by atoms with Crippen LogP contribution in [0, 0.1) is 0 Å². The summed E-state index contributed by atoms with van der Waals surface area (Å²) in [6, 6.07) is 0.235. The Morgan fingerprint density at radius 3 is 2.42 bits per heavy atom. The fraction of sp³-hybridized carbons (Fsp3) is 0.833. The predicted octanol–water partition coefficient (Wildman–Crippen LogP) is -1.10. The van der Waals surface area contributed by atoms with Crippen molar-refractivity contribution < 1.29 is 13.2 Å². The van der Waals surface area contributed by atoms with E-state index >= 15 is 0 Å². The SMILES string of the molecule is CN(C(=O)CS(N)(=O)=O)C1CC1. The zero-order valence-electron chi connectivity index (χ0n) is 6.86. The third kappa shape index (κ3) is 2.78. The molecule has 0 aromatic carbocycles. The van der Waals surface area contributed by atoms with Crippen LogP contribution in [0.4, 0.5) is 0 Å². The molecule has 70 valence electrons. The Bertz CT molecular complexity index is 281. The highest BCUT2D eigenvalue weighted by Crippen LogP contribution is 2.25. The zero-order valence-corrected chi connectivity index (χ0v) is 7.67. The summed E-state index contributed by atoms with van der Waals surface area (Å²) in [4.78, 5) is 12.6. The second-order valence-corrected chi connectivity index (χ2v) is 4.66. The number of sulfonamides is 1.